The van der Waals surface area contributed by atoms with E-state index in [-0.39, 0.29) is 30.1 Å². The van der Waals surface area contributed by atoms with Gasteiger partial charge in [-0.3, -0.25) is 14.4 Å². The average Bonchev–Trinajstić information content (AvgIpc) is 2.73. The topological polar surface area (TPSA) is 134 Å². The Bertz CT molecular complexity index is 556. The van der Waals surface area contributed by atoms with E-state index in [1.54, 1.807) is 0 Å². The van der Waals surface area contributed by atoms with Crippen molar-refractivity contribution in [2.45, 2.75) is 96.7 Å². The lowest BCUT2D eigenvalue weighted by molar-refractivity contribution is -0.136. The van der Waals surface area contributed by atoms with Gasteiger partial charge in [-0.15, -0.1) is 0 Å². The van der Waals surface area contributed by atoms with Gasteiger partial charge in [0.1, 0.15) is 6.04 Å². The van der Waals surface area contributed by atoms with Gasteiger partial charge in [0.05, 0.1) is 18.1 Å². The molecule has 8 nitrogen and oxygen atoms in total. The number of aliphatic hydroxyl groups is 1. The van der Waals surface area contributed by atoms with Crippen molar-refractivity contribution < 1.29 is 19.5 Å². The number of carbonyl (C=O) groups excluding carboxylic acids is 3. The number of carbonyl (C=O) groups is 3. The van der Waals surface area contributed by atoms with E-state index in [0.717, 1.165) is 25.8 Å². The molecule has 2 unspecified atom stereocenters. The normalized spacial score (nSPS) is 21.7. The van der Waals surface area contributed by atoms with Crippen LogP contribution in [0.4, 0.5) is 0 Å². The molecule has 1 rings (SSSR count). The van der Waals surface area contributed by atoms with Crippen LogP contribution in [0.25, 0.3) is 0 Å². The van der Waals surface area contributed by atoms with Crippen LogP contribution in [0.3, 0.4) is 0 Å². The summed E-state index contributed by atoms with van der Waals surface area (Å²) in [6.07, 6.45) is 8.47. The van der Waals surface area contributed by atoms with Gasteiger partial charge in [-0.1, -0.05) is 45.4 Å². The van der Waals surface area contributed by atoms with Crippen LogP contribution in [0.15, 0.2) is 0 Å². The summed E-state index contributed by atoms with van der Waals surface area (Å²) in [5.74, 6) is -0.945. The molecular weight excluding hydrogens is 396 g/mol. The Morgan fingerprint density at radius 2 is 1.81 bits per heavy atom. The molecule has 0 aromatic heterocycles. The van der Waals surface area contributed by atoms with Gasteiger partial charge in [0.2, 0.25) is 11.8 Å². The number of hydrogen-bond acceptors (Lipinski definition) is 6. The van der Waals surface area contributed by atoms with E-state index >= 15 is 0 Å². The summed E-state index contributed by atoms with van der Waals surface area (Å²) in [5, 5.41) is 18.8. The van der Waals surface area contributed by atoms with E-state index in [0.29, 0.717) is 13.0 Å². The molecule has 31 heavy (non-hydrogen) atoms. The first-order valence-corrected chi connectivity index (χ1v) is 12.0. The standard InChI is InChI=1S/C23H44N4O4/c1-4-5-6-7-8-9-10-18-12-14-25-15-19(18)22(30)27-21(17(3)29)23(31)26-20(11-13-24)16(2)28/h17-21,25,29H,4-15,24H2,1-3H3,(H,26,31)(H,27,30)/t17-,18?,19?,20-,21-/m0/s1. The molecule has 0 bridgehead atoms. The summed E-state index contributed by atoms with van der Waals surface area (Å²) >= 11 is 0. The van der Waals surface area contributed by atoms with Crippen molar-refractivity contribution in [2.75, 3.05) is 19.6 Å². The van der Waals surface area contributed by atoms with Crippen LogP contribution in [-0.4, -0.2) is 60.5 Å². The SMILES string of the molecule is CCCCCCCCC1CCNCC1C(=O)N[C@H](C(=O)N[C@@H](CCN)C(C)=O)[C@H](C)O. The second kappa shape index (κ2) is 15.3. The summed E-state index contributed by atoms with van der Waals surface area (Å²) in [7, 11) is 0. The Kier molecular flexibility index (Phi) is 13.6. The van der Waals surface area contributed by atoms with Gasteiger partial charge in [-0.2, -0.15) is 0 Å². The third-order valence-corrected chi connectivity index (χ3v) is 6.22. The fourth-order valence-corrected chi connectivity index (χ4v) is 4.22. The van der Waals surface area contributed by atoms with Gasteiger partial charge in [0.25, 0.3) is 0 Å². The molecule has 0 aliphatic carbocycles. The van der Waals surface area contributed by atoms with Gasteiger partial charge in [-0.25, -0.2) is 0 Å². The Morgan fingerprint density at radius 1 is 1.13 bits per heavy atom. The smallest absolute Gasteiger partial charge is 0.245 e. The predicted octanol–water partition coefficient (Wildman–Crippen LogP) is 1.25. The molecular formula is C23H44N4O4. The lowest BCUT2D eigenvalue weighted by atomic mass is 9.81. The number of unbranched alkanes of at least 4 members (excludes halogenated alkanes) is 5. The van der Waals surface area contributed by atoms with Crippen LogP contribution in [0, 0.1) is 11.8 Å². The number of nitrogens with one attached hydrogen (secondary N) is 3. The maximum Gasteiger partial charge on any atom is 0.245 e. The quantitative estimate of drug-likeness (QED) is 0.243. The van der Waals surface area contributed by atoms with Crippen molar-refractivity contribution in [1.82, 2.24) is 16.0 Å². The molecule has 5 atom stereocenters. The van der Waals surface area contributed by atoms with E-state index in [2.05, 4.69) is 22.9 Å². The molecule has 0 aromatic carbocycles. The summed E-state index contributed by atoms with van der Waals surface area (Å²) in [6, 6.07) is -1.82. The zero-order valence-corrected chi connectivity index (χ0v) is 19.6. The van der Waals surface area contributed by atoms with Gasteiger partial charge in [0, 0.05) is 6.54 Å². The fraction of sp³-hybridized carbons (Fsp3) is 0.870. The number of Topliss-reactive ketones (excluding diaryl/α,β-unsaturated/α-hetero) is 1. The van der Waals surface area contributed by atoms with Gasteiger partial charge < -0.3 is 26.8 Å². The predicted molar refractivity (Wildman–Crippen MR) is 122 cm³/mol. The third-order valence-electron chi connectivity index (χ3n) is 6.22. The Morgan fingerprint density at radius 3 is 2.42 bits per heavy atom. The monoisotopic (exact) mass is 440 g/mol. The zero-order valence-electron chi connectivity index (χ0n) is 19.6. The van der Waals surface area contributed by atoms with Crippen LogP contribution in [0.5, 0.6) is 0 Å². The molecule has 6 N–H and O–H groups in total. The molecule has 1 aliphatic rings. The van der Waals surface area contributed by atoms with Crippen molar-refractivity contribution in [1.29, 1.82) is 0 Å². The van der Waals surface area contributed by atoms with E-state index in [1.165, 1.54) is 46.0 Å². The van der Waals surface area contributed by atoms with E-state index in [9.17, 15) is 19.5 Å². The van der Waals surface area contributed by atoms with Gasteiger partial charge >= 0.3 is 0 Å². The molecule has 0 spiro atoms. The van der Waals surface area contributed by atoms with Crippen LogP contribution in [0.2, 0.25) is 0 Å². The third kappa shape index (κ3) is 10.1. The molecule has 1 saturated heterocycles. The number of ketones is 1. The van der Waals surface area contributed by atoms with Crippen molar-refractivity contribution >= 4 is 17.6 Å². The Labute approximate surface area is 187 Å². The average molecular weight is 441 g/mol. The number of nitrogens with two attached hydrogens (primary N) is 1. The van der Waals surface area contributed by atoms with Crippen molar-refractivity contribution in [2.24, 2.45) is 17.6 Å². The van der Waals surface area contributed by atoms with Crippen LogP contribution in [-0.2, 0) is 14.4 Å². The molecule has 2 amide bonds. The summed E-state index contributed by atoms with van der Waals surface area (Å²) < 4.78 is 0. The molecule has 180 valence electrons. The summed E-state index contributed by atoms with van der Waals surface area (Å²) in [6.45, 7) is 6.77. The molecule has 1 fully saturated rings. The molecule has 1 heterocycles. The Hall–Kier alpha value is -1.51. The highest BCUT2D eigenvalue weighted by Crippen LogP contribution is 2.26. The first-order chi connectivity index (χ1) is 14.8. The van der Waals surface area contributed by atoms with Gasteiger partial charge in [0.15, 0.2) is 5.78 Å². The molecule has 1 aliphatic heterocycles. The number of amides is 2. The van der Waals surface area contributed by atoms with Crippen LogP contribution < -0.4 is 21.7 Å². The largest absolute Gasteiger partial charge is 0.391 e. The second-order valence-electron chi connectivity index (χ2n) is 8.89. The lowest BCUT2D eigenvalue weighted by Crippen LogP contribution is -2.58. The maximum atomic E-state index is 13.0. The first-order valence-electron chi connectivity index (χ1n) is 12.0. The van der Waals surface area contributed by atoms with Gasteiger partial charge in [-0.05, 0) is 52.1 Å². The molecule has 0 aromatic rings. The maximum absolute atomic E-state index is 13.0. The molecule has 8 heteroatoms. The molecule has 0 radical (unpaired) electrons. The Balaban J connectivity index is 2.66. The highest BCUT2D eigenvalue weighted by atomic mass is 16.3. The fourth-order valence-electron chi connectivity index (χ4n) is 4.22. The minimum absolute atomic E-state index is 0.204. The van der Waals surface area contributed by atoms with Crippen LogP contribution >= 0.6 is 0 Å². The number of rotatable bonds is 15. The van der Waals surface area contributed by atoms with Crippen molar-refractivity contribution in [3.63, 3.8) is 0 Å². The second-order valence-corrected chi connectivity index (χ2v) is 8.89. The lowest BCUT2D eigenvalue weighted by Gasteiger charge is -2.33. The number of aliphatic hydroxyl groups excluding tert-OH is 1. The van der Waals surface area contributed by atoms with Crippen molar-refractivity contribution in [3.05, 3.63) is 0 Å². The zero-order chi connectivity index (χ0) is 23.2. The first kappa shape index (κ1) is 27.5. The highest BCUT2D eigenvalue weighted by molar-refractivity contribution is 5.92. The number of piperidine rings is 1. The minimum Gasteiger partial charge on any atom is -0.391 e. The minimum atomic E-state index is -1.11. The van der Waals surface area contributed by atoms with Crippen molar-refractivity contribution in [3.8, 4) is 0 Å². The summed E-state index contributed by atoms with van der Waals surface area (Å²) in [4.78, 5) is 37.4. The number of hydrogen-bond donors (Lipinski definition) is 5. The van der Waals surface area contributed by atoms with E-state index in [1.807, 2.05) is 0 Å². The van der Waals surface area contributed by atoms with Crippen LogP contribution in [0.1, 0.15) is 78.6 Å². The summed E-state index contributed by atoms with van der Waals surface area (Å²) in [5.41, 5.74) is 5.52. The highest BCUT2D eigenvalue weighted by Gasteiger charge is 2.35. The molecule has 0 saturated carbocycles. The van der Waals surface area contributed by atoms with E-state index < -0.39 is 24.1 Å². The van der Waals surface area contributed by atoms with E-state index in [4.69, 9.17) is 5.73 Å².